The van der Waals surface area contributed by atoms with Gasteiger partial charge in [0.2, 0.25) is 0 Å². The Balaban J connectivity index is 1.98. The van der Waals surface area contributed by atoms with Crippen LogP contribution in [0.3, 0.4) is 0 Å². The van der Waals surface area contributed by atoms with E-state index in [0.717, 1.165) is 31.1 Å². The number of thioether (sulfide) groups is 1. The molecule has 3 heterocycles. The summed E-state index contributed by atoms with van der Waals surface area (Å²) in [6.07, 6.45) is 1.17. The van der Waals surface area contributed by atoms with E-state index in [0.29, 0.717) is 5.69 Å². The van der Waals surface area contributed by atoms with Crippen LogP contribution in [0.2, 0.25) is 0 Å². The van der Waals surface area contributed by atoms with E-state index in [9.17, 15) is 4.79 Å². The maximum absolute atomic E-state index is 11.3. The third kappa shape index (κ3) is 2.45. The molecule has 0 saturated carbocycles. The smallest absolute Gasteiger partial charge is 0.269 e. The van der Waals surface area contributed by atoms with Crippen LogP contribution in [-0.2, 0) is 13.1 Å². The van der Waals surface area contributed by atoms with Crippen molar-refractivity contribution < 1.29 is 4.79 Å². The quantitative estimate of drug-likeness (QED) is 0.815. The van der Waals surface area contributed by atoms with Crippen molar-refractivity contribution in [2.45, 2.75) is 32.6 Å². The second-order valence-corrected chi connectivity index (χ2v) is 7.10. The number of fused-ring (bicyclic) bond motifs is 1. The number of nitrogens with zero attached hydrogens (tertiary/aromatic N) is 3. The SMILES string of the molecule is CC(N)N1Cc2cc(C(N)=O)nn2CC2(CCSC2)C1. The minimum atomic E-state index is -0.465. The molecule has 3 rings (SSSR count). The second kappa shape index (κ2) is 5.05. The second-order valence-electron chi connectivity index (χ2n) is 5.99. The van der Waals surface area contributed by atoms with Crippen LogP contribution in [0.1, 0.15) is 29.5 Å². The van der Waals surface area contributed by atoms with Gasteiger partial charge in [0.05, 0.1) is 11.9 Å². The molecule has 1 fully saturated rings. The van der Waals surface area contributed by atoms with Crippen LogP contribution in [0.4, 0.5) is 0 Å². The Morgan fingerprint density at radius 2 is 2.35 bits per heavy atom. The number of rotatable bonds is 2. The fourth-order valence-corrected chi connectivity index (χ4v) is 4.57. The summed E-state index contributed by atoms with van der Waals surface area (Å²) < 4.78 is 1.97. The predicted molar refractivity (Wildman–Crippen MR) is 79.2 cm³/mol. The molecule has 2 aliphatic heterocycles. The van der Waals surface area contributed by atoms with Crippen molar-refractivity contribution in [3.8, 4) is 0 Å². The molecular formula is C13H21N5OS. The first kappa shape index (κ1) is 13.9. The van der Waals surface area contributed by atoms with Crippen LogP contribution >= 0.6 is 11.8 Å². The molecule has 7 heteroatoms. The van der Waals surface area contributed by atoms with Crippen LogP contribution in [0.15, 0.2) is 6.07 Å². The molecule has 1 spiro atoms. The summed E-state index contributed by atoms with van der Waals surface area (Å²) in [7, 11) is 0. The minimum absolute atomic E-state index is 0.00375. The number of nitrogens with two attached hydrogens (primary N) is 2. The zero-order valence-electron chi connectivity index (χ0n) is 11.7. The van der Waals surface area contributed by atoms with E-state index in [1.165, 1.54) is 12.2 Å². The molecular weight excluding hydrogens is 274 g/mol. The fraction of sp³-hybridized carbons (Fsp3) is 0.692. The maximum Gasteiger partial charge on any atom is 0.269 e. The molecule has 2 atom stereocenters. The highest BCUT2D eigenvalue weighted by Gasteiger charge is 2.40. The molecule has 1 aromatic heterocycles. The first-order chi connectivity index (χ1) is 9.49. The highest BCUT2D eigenvalue weighted by molar-refractivity contribution is 7.99. The van der Waals surface area contributed by atoms with Crippen LogP contribution in [0.5, 0.6) is 0 Å². The van der Waals surface area contributed by atoms with Crippen LogP contribution in [0.25, 0.3) is 0 Å². The van der Waals surface area contributed by atoms with Crippen molar-refractivity contribution in [3.63, 3.8) is 0 Å². The van der Waals surface area contributed by atoms with Gasteiger partial charge in [0.25, 0.3) is 5.91 Å². The molecule has 1 saturated heterocycles. The van der Waals surface area contributed by atoms with E-state index in [4.69, 9.17) is 11.5 Å². The third-order valence-electron chi connectivity index (χ3n) is 4.27. The lowest BCUT2D eigenvalue weighted by atomic mass is 9.87. The van der Waals surface area contributed by atoms with Crippen LogP contribution in [-0.4, -0.2) is 44.8 Å². The van der Waals surface area contributed by atoms with Gasteiger partial charge in [-0.25, -0.2) is 0 Å². The summed E-state index contributed by atoms with van der Waals surface area (Å²) in [6, 6.07) is 1.80. The molecule has 0 aromatic carbocycles. The number of carbonyl (C=O) groups is 1. The van der Waals surface area contributed by atoms with Crippen molar-refractivity contribution in [2.24, 2.45) is 16.9 Å². The summed E-state index contributed by atoms with van der Waals surface area (Å²) in [5, 5.41) is 4.39. The maximum atomic E-state index is 11.3. The zero-order valence-corrected chi connectivity index (χ0v) is 12.5. The fourth-order valence-electron chi connectivity index (χ4n) is 3.09. The summed E-state index contributed by atoms with van der Waals surface area (Å²) in [5.41, 5.74) is 13.1. The van der Waals surface area contributed by atoms with Gasteiger partial charge >= 0.3 is 0 Å². The molecule has 2 aliphatic rings. The molecule has 0 aliphatic carbocycles. The summed E-state index contributed by atoms with van der Waals surface area (Å²) >= 11 is 1.99. The van der Waals surface area contributed by atoms with E-state index in [-0.39, 0.29) is 11.6 Å². The Labute approximate surface area is 122 Å². The lowest BCUT2D eigenvalue weighted by Gasteiger charge is -2.33. The zero-order chi connectivity index (χ0) is 14.3. The van der Waals surface area contributed by atoms with Crippen molar-refractivity contribution >= 4 is 17.7 Å². The highest BCUT2D eigenvalue weighted by atomic mass is 32.2. The van der Waals surface area contributed by atoms with Crippen LogP contribution < -0.4 is 11.5 Å². The average molecular weight is 295 g/mol. The van der Waals surface area contributed by atoms with E-state index >= 15 is 0 Å². The molecule has 0 bridgehead atoms. The minimum Gasteiger partial charge on any atom is -0.364 e. The van der Waals surface area contributed by atoms with Gasteiger partial charge in [-0.1, -0.05) is 0 Å². The molecule has 1 amide bonds. The van der Waals surface area contributed by atoms with Gasteiger partial charge in [-0.05, 0) is 25.2 Å². The summed E-state index contributed by atoms with van der Waals surface area (Å²) in [6.45, 7) is 4.58. The lowest BCUT2D eigenvalue weighted by Crippen LogP contribution is -2.45. The first-order valence-corrected chi connectivity index (χ1v) is 8.08. The number of hydrogen-bond donors (Lipinski definition) is 2. The van der Waals surface area contributed by atoms with E-state index in [2.05, 4.69) is 10.00 Å². The van der Waals surface area contributed by atoms with Gasteiger partial charge in [-0.2, -0.15) is 16.9 Å². The topological polar surface area (TPSA) is 90.2 Å². The molecule has 110 valence electrons. The molecule has 1 aromatic rings. The number of amides is 1. The Hall–Kier alpha value is -1.05. The number of aromatic nitrogens is 2. The van der Waals surface area contributed by atoms with Gasteiger partial charge in [-0.3, -0.25) is 14.4 Å². The van der Waals surface area contributed by atoms with E-state index in [1.807, 2.05) is 23.4 Å². The first-order valence-electron chi connectivity index (χ1n) is 6.93. The molecule has 0 radical (unpaired) electrons. The molecule has 20 heavy (non-hydrogen) atoms. The number of hydrogen-bond acceptors (Lipinski definition) is 5. The van der Waals surface area contributed by atoms with Gasteiger partial charge in [0, 0.05) is 30.8 Å². The van der Waals surface area contributed by atoms with Crippen molar-refractivity contribution in [3.05, 3.63) is 17.5 Å². The van der Waals surface area contributed by atoms with Crippen molar-refractivity contribution in [2.75, 3.05) is 18.1 Å². The average Bonchev–Trinajstić information content (AvgIpc) is 2.94. The largest absolute Gasteiger partial charge is 0.364 e. The Kier molecular flexibility index (Phi) is 3.51. The monoisotopic (exact) mass is 295 g/mol. The van der Waals surface area contributed by atoms with Gasteiger partial charge in [-0.15, -0.1) is 0 Å². The van der Waals surface area contributed by atoms with Gasteiger partial charge < -0.3 is 11.5 Å². The summed E-state index contributed by atoms with van der Waals surface area (Å²) in [5.74, 6) is 1.85. The van der Waals surface area contributed by atoms with Crippen LogP contribution in [0, 0.1) is 5.41 Å². The predicted octanol–water partition coefficient (Wildman–Crippen LogP) is 0.226. The Morgan fingerprint density at radius 1 is 1.55 bits per heavy atom. The van der Waals surface area contributed by atoms with Gasteiger partial charge in [0.1, 0.15) is 5.69 Å². The standard InChI is InChI=1S/C13H21N5OS/c1-9(14)17-5-10-4-11(12(15)19)16-18(10)7-13(6-17)2-3-20-8-13/h4,9H,2-3,5-8,14H2,1H3,(H2,15,19). The summed E-state index contributed by atoms with van der Waals surface area (Å²) in [4.78, 5) is 13.6. The normalized spacial score (nSPS) is 28.3. The number of carbonyl (C=O) groups excluding carboxylic acids is 1. The van der Waals surface area contributed by atoms with Crippen molar-refractivity contribution in [1.29, 1.82) is 0 Å². The van der Waals surface area contributed by atoms with E-state index < -0.39 is 5.91 Å². The third-order valence-corrected chi connectivity index (χ3v) is 5.57. The molecule has 4 N–H and O–H groups in total. The Bertz CT molecular complexity index is 521. The molecule has 6 nitrogen and oxygen atoms in total. The molecule has 2 unspecified atom stereocenters. The van der Waals surface area contributed by atoms with Gasteiger partial charge in [0.15, 0.2) is 0 Å². The van der Waals surface area contributed by atoms with E-state index in [1.54, 1.807) is 6.07 Å². The van der Waals surface area contributed by atoms with Crippen molar-refractivity contribution in [1.82, 2.24) is 14.7 Å². The highest BCUT2D eigenvalue weighted by Crippen LogP contribution is 2.40. The lowest BCUT2D eigenvalue weighted by molar-refractivity contribution is 0.0992. The Morgan fingerprint density at radius 3 is 2.95 bits per heavy atom. The number of primary amides is 1.